The molecular weight excluding hydrogens is 302 g/mol. The van der Waals surface area contributed by atoms with Gasteiger partial charge in [-0.15, -0.1) is 0 Å². The van der Waals surface area contributed by atoms with Gasteiger partial charge in [0.15, 0.2) is 0 Å². The highest BCUT2D eigenvalue weighted by Crippen LogP contribution is 2.30. The lowest BCUT2D eigenvalue weighted by atomic mass is 10.1. The van der Waals surface area contributed by atoms with E-state index in [-0.39, 0.29) is 0 Å². The minimum Gasteiger partial charge on any atom is -0.368 e. The molecular formula is C15H22BrN3. The second kappa shape index (κ2) is 5.81. The molecule has 0 saturated carbocycles. The van der Waals surface area contributed by atoms with Crippen molar-refractivity contribution in [3.63, 3.8) is 0 Å². The van der Waals surface area contributed by atoms with E-state index in [1.807, 2.05) is 7.05 Å². The van der Waals surface area contributed by atoms with Gasteiger partial charge in [-0.3, -0.25) is 4.90 Å². The molecule has 0 aromatic heterocycles. The molecule has 2 fully saturated rings. The van der Waals surface area contributed by atoms with Crippen LogP contribution in [-0.4, -0.2) is 44.2 Å². The summed E-state index contributed by atoms with van der Waals surface area (Å²) in [6.07, 6.45) is 2.74. The van der Waals surface area contributed by atoms with Crippen LogP contribution >= 0.6 is 15.9 Å². The van der Waals surface area contributed by atoms with Crippen molar-refractivity contribution in [3.05, 3.63) is 28.2 Å². The van der Waals surface area contributed by atoms with Gasteiger partial charge in [0, 0.05) is 42.4 Å². The van der Waals surface area contributed by atoms with Gasteiger partial charge in [0.1, 0.15) is 0 Å². The van der Waals surface area contributed by atoms with Crippen LogP contribution in [0.3, 0.4) is 0 Å². The first-order valence-corrected chi connectivity index (χ1v) is 7.99. The Morgan fingerprint density at radius 1 is 1.32 bits per heavy atom. The summed E-state index contributed by atoms with van der Waals surface area (Å²) in [7, 11) is 2.01. The van der Waals surface area contributed by atoms with E-state index >= 15 is 0 Å². The van der Waals surface area contributed by atoms with E-state index in [4.69, 9.17) is 0 Å². The zero-order valence-corrected chi connectivity index (χ0v) is 13.1. The summed E-state index contributed by atoms with van der Waals surface area (Å²) < 4.78 is 1.18. The van der Waals surface area contributed by atoms with Crippen LogP contribution in [0.1, 0.15) is 18.4 Å². The fourth-order valence-corrected chi connectivity index (χ4v) is 3.73. The number of nitrogens with zero attached hydrogens (tertiary/aromatic N) is 2. The minimum absolute atomic E-state index is 0.773. The van der Waals surface area contributed by atoms with Gasteiger partial charge >= 0.3 is 0 Å². The zero-order valence-electron chi connectivity index (χ0n) is 11.5. The summed E-state index contributed by atoms with van der Waals surface area (Å²) in [4.78, 5) is 5.23. The number of halogens is 1. The van der Waals surface area contributed by atoms with Crippen LogP contribution in [0.5, 0.6) is 0 Å². The normalized spacial score (nSPS) is 23.7. The van der Waals surface area contributed by atoms with Crippen LogP contribution in [0, 0.1) is 0 Å². The summed E-state index contributed by atoms with van der Waals surface area (Å²) in [6, 6.07) is 7.42. The van der Waals surface area contributed by atoms with Crippen LogP contribution in [-0.2, 0) is 6.54 Å². The highest BCUT2D eigenvalue weighted by Gasteiger charge is 2.31. The number of rotatable bonds is 3. The lowest BCUT2D eigenvalue weighted by Crippen LogP contribution is -2.50. The first-order chi connectivity index (χ1) is 9.28. The SMILES string of the molecule is CNCc1ccc(Br)cc1N1CCN2CCCC2C1. The summed E-state index contributed by atoms with van der Waals surface area (Å²) >= 11 is 3.61. The fraction of sp³-hybridized carbons (Fsp3) is 0.600. The van der Waals surface area contributed by atoms with Crippen molar-refractivity contribution in [1.82, 2.24) is 10.2 Å². The lowest BCUT2D eigenvalue weighted by molar-refractivity contribution is 0.231. The van der Waals surface area contributed by atoms with Crippen molar-refractivity contribution in [3.8, 4) is 0 Å². The molecule has 2 saturated heterocycles. The topological polar surface area (TPSA) is 18.5 Å². The monoisotopic (exact) mass is 323 g/mol. The maximum Gasteiger partial charge on any atom is 0.0424 e. The number of piperazine rings is 1. The van der Waals surface area contributed by atoms with Gasteiger partial charge in [-0.2, -0.15) is 0 Å². The van der Waals surface area contributed by atoms with Crippen LogP contribution in [0.25, 0.3) is 0 Å². The fourth-order valence-electron chi connectivity index (χ4n) is 3.38. The Labute approximate surface area is 124 Å². The maximum atomic E-state index is 3.61. The molecule has 2 aliphatic rings. The molecule has 4 heteroatoms. The largest absolute Gasteiger partial charge is 0.368 e. The van der Waals surface area contributed by atoms with Crippen molar-refractivity contribution < 1.29 is 0 Å². The predicted octanol–water partition coefficient (Wildman–Crippen LogP) is 2.45. The Bertz CT molecular complexity index is 449. The molecule has 1 unspecified atom stereocenters. The Kier molecular flexibility index (Phi) is 4.10. The Morgan fingerprint density at radius 3 is 3.05 bits per heavy atom. The second-order valence-electron chi connectivity index (χ2n) is 5.58. The molecule has 2 heterocycles. The second-order valence-corrected chi connectivity index (χ2v) is 6.50. The third kappa shape index (κ3) is 2.81. The van der Waals surface area contributed by atoms with Crippen molar-refractivity contribution in [1.29, 1.82) is 0 Å². The minimum atomic E-state index is 0.773. The third-order valence-electron chi connectivity index (χ3n) is 4.34. The molecule has 2 aliphatic heterocycles. The van der Waals surface area contributed by atoms with Gasteiger partial charge in [-0.05, 0) is 44.1 Å². The maximum absolute atomic E-state index is 3.61. The van der Waals surface area contributed by atoms with Gasteiger partial charge in [-0.1, -0.05) is 22.0 Å². The molecule has 1 N–H and O–H groups in total. The van der Waals surface area contributed by atoms with E-state index in [1.165, 1.54) is 48.2 Å². The van der Waals surface area contributed by atoms with E-state index < -0.39 is 0 Å². The number of nitrogens with one attached hydrogen (secondary N) is 1. The molecule has 0 radical (unpaired) electrons. The third-order valence-corrected chi connectivity index (χ3v) is 4.84. The Balaban J connectivity index is 1.82. The standard InChI is InChI=1S/C15H22BrN3/c1-17-10-12-4-5-13(16)9-15(12)19-8-7-18-6-2-3-14(18)11-19/h4-5,9,14,17H,2-3,6-8,10-11H2,1H3. The van der Waals surface area contributed by atoms with E-state index in [9.17, 15) is 0 Å². The number of benzene rings is 1. The molecule has 19 heavy (non-hydrogen) atoms. The lowest BCUT2D eigenvalue weighted by Gasteiger charge is -2.39. The van der Waals surface area contributed by atoms with Gasteiger partial charge in [0.25, 0.3) is 0 Å². The molecule has 3 nitrogen and oxygen atoms in total. The van der Waals surface area contributed by atoms with Crippen LogP contribution in [0.15, 0.2) is 22.7 Å². The number of fused-ring (bicyclic) bond motifs is 1. The first-order valence-electron chi connectivity index (χ1n) is 7.20. The molecule has 1 aromatic carbocycles. The summed E-state index contributed by atoms with van der Waals surface area (Å²) in [5.74, 6) is 0. The average Bonchev–Trinajstić information content (AvgIpc) is 2.88. The molecule has 0 amide bonds. The van der Waals surface area contributed by atoms with E-state index in [0.29, 0.717) is 0 Å². The summed E-state index contributed by atoms with van der Waals surface area (Å²) in [6.45, 7) is 5.81. The van der Waals surface area contributed by atoms with Gasteiger partial charge in [0.2, 0.25) is 0 Å². The molecule has 104 valence electrons. The molecule has 1 aromatic rings. The van der Waals surface area contributed by atoms with E-state index in [1.54, 1.807) is 0 Å². The summed E-state index contributed by atoms with van der Waals surface area (Å²) in [5, 5.41) is 3.28. The van der Waals surface area contributed by atoms with Crippen molar-refractivity contribution in [2.45, 2.75) is 25.4 Å². The molecule has 1 atom stereocenters. The number of anilines is 1. The molecule has 0 spiro atoms. The number of hydrogen-bond acceptors (Lipinski definition) is 3. The summed E-state index contributed by atoms with van der Waals surface area (Å²) in [5.41, 5.74) is 2.80. The predicted molar refractivity (Wildman–Crippen MR) is 83.7 cm³/mol. The van der Waals surface area contributed by atoms with Crippen molar-refractivity contribution in [2.75, 3.05) is 38.1 Å². The van der Waals surface area contributed by atoms with Crippen molar-refractivity contribution >= 4 is 21.6 Å². The first kappa shape index (κ1) is 13.4. The van der Waals surface area contributed by atoms with Crippen molar-refractivity contribution in [2.24, 2.45) is 0 Å². The number of hydrogen-bond donors (Lipinski definition) is 1. The average molecular weight is 324 g/mol. The van der Waals surface area contributed by atoms with Gasteiger partial charge in [-0.25, -0.2) is 0 Å². The highest BCUT2D eigenvalue weighted by atomic mass is 79.9. The smallest absolute Gasteiger partial charge is 0.0424 e. The molecule has 3 rings (SSSR count). The van der Waals surface area contributed by atoms with Crippen LogP contribution in [0.4, 0.5) is 5.69 Å². The van der Waals surface area contributed by atoms with Crippen LogP contribution in [0.2, 0.25) is 0 Å². The van der Waals surface area contributed by atoms with Crippen LogP contribution < -0.4 is 10.2 Å². The van der Waals surface area contributed by atoms with Gasteiger partial charge < -0.3 is 10.2 Å². The molecule has 0 bridgehead atoms. The van der Waals surface area contributed by atoms with Gasteiger partial charge in [0.05, 0.1) is 0 Å². The Morgan fingerprint density at radius 2 is 2.21 bits per heavy atom. The molecule has 0 aliphatic carbocycles. The highest BCUT2D eigenvalue weighted by molar-refractivity contribution is 9.10. The van der Waals surface area contributed by atoms with E-state index in [2.05, 4.69) is 49.2 Å². The van der Waals surface area contributed by atoms with E-state index in [0.717, 1.165) is 19.1 Å². The Hall–Kier alpha value is -0.580. The zero-order chi connectivity index (χ0) is 13.2. The quantitative estimate of drug-likeness (QED) is 0.921.